The van der Waals surface area contributed by atoms with Crippen LogP contribution in [-0.4, -0.2) is 0 Å². The number of aryl methyl sites for hydroxylation is 3. The van der Waals surface area contributed by atoms with Gasteiger partial charge < -0.3 is 13.7 Å². The first-order valence-corrected chi connectivity index (χ1v) is 53.8. The molecule has 0 spiro atoms. The zero-order chi connectivity index (χ0) is 91.8. The van der Waals surface area contributed by atoms with Crippen molar-refractivity contribution in [3.05, 3.63) is 279 Å². The average Bonchev–Trinajstić information content (AvgIpc) is 1.52. The van der Waals surface area contributed by atoms with Crippen molar-refractivity contribution in [2.75, 3.05) is 4.90 Å². The first-order chi connectivity index (χ1) is 65.0. The smallest absolute Gasteiger partial charge is 0.143 e. The molecule has 0 saturated heterocycles. The van der Waals surface area contributed by atoms with Crippen LogP contribution in [0.2, 0.25) is 0 Å². The van der Waals surface area contributed by atoms with Crippen LogP contribution in [0.4, 0.5) is 17.1 Å². The summed E-state index contributed by atoms with van der Waals surface area (Å²) in [4.78, 5) is 2.72. The lowest BCUT2D eigenvalue weighted by atomic mass is 9.68. The minimum Gasteiger partial charge on any atom is -0.456 e. The molecule has 14 aromatic rings. The fourth-order valence-electron chi connectivity index (χ4n) is 26.9. The number of nitrogens with zero attached hydrogens (tertiary/aromatic N) is 1. The lowest BCUT2D eigenvalue weighted by Gasteiger charge is -2.35. The molecule has 3 heteroatoms. The third-order valence-corrected chi connectivity index (χ3v) is 33.8. The van der Waals surface area contributed by atoms with Crippen LogP contribution in [0.1, 0.15) is 398 Å². The predicted molar refractivity (Wildman–Crippen MR) is 573 cm³/mol. The molecule has 0 amide bonds. The Morgan fingerprint density at radius 1 is 0.241 bits per heavy atom. The monoisotopic (exact) mass is 1760 g/mol. The molecule has 0 N–H and O–H groups in total. The van der Waals surface area contributed by atoms with Gasteiger partial charge in [0, 0.05) is 65.6 Å². The van der Waals surface area contributed by atoms with Gasteiger partial charge in [-0.05, 0) is 277 Å². The molecule has 5 aliphatic carbocycles. The minimum atomic E-state index is -0.396. The summed E-state index contributed by atoms with van der Waals surface area (Å²) in [5.41, 5.74) is 44.7. The molecule has 2 heterocycles. The molecule has 0 bridgehead atoms. The highest BCUT2D eigenvalue weighted by atomic mass is 16.3. The molecule has 0 radical (unpaired) electrons. The summed E-state index contributed by atoms with van der Waals surface area (Å²) in [6, 6.07) is 83.7. The molecule has 19 rings (SSSR count). The molecular weight excluding hydrogens is 1610 g/mol. The molecule has 690 valence electrons. The first kappa shape index (κ1) is 92.1. The third kappa shape index (κ3) is 16.6. The molecule has 3 nitrogen and oxygen atoms in total. The zero-order valence-corrected chi connectivity index (χ0v) is 83.7. The third-order valence-electron chi connectivity index (χ3n) is 33.8. The Morgan fingerprint density at radius 3 is 1.14 bits per heavy atom. The highest BCUT2D eigenvalue weighted by molar-refractivity contribution is 6.19. The van der Waals surface area contributed by atoms with E-state index in [4.69, 9.17) is 8.83 Å². The summed E-state index contributed by atoms with van der Waals surface area (Å²) in [5.74, 6) is 0. The van der Waals surface area contributed by atoms with E-state index >= 15 is 0 Å². The molecule has 0 atom stereocenters. The summed E-state index contributed by atoms with van der Waals surface area (Å²) in [6.45, 7) is 31.2. The quantitative estimate of drug-likeness (QED) is 0.0356. The van der Waals surface area contributed by atoms with Crippen LogP contribution in [0.3, 0.4) is 0 Å². The van der Waals surface area contributed by atoms with Crippen molar-refractivity contribution in [2.24, 2.45) is 0 Å². The summed E-state index contributed by atoms with van der Waals surface area (Å²) < 4.78 is 14.4. The van der Waals surface area contributed by atoms with E-state index in [0.717, 1.165) is 40.7 Å². The van der Waals surface area contributed by atoms with Crippen LogP contribution in [0.25, 0.3) is 122 Å². The van der Waals surface area contributed by atoms with E-state index in [1.54, 1.807) is 33.4 Å². The SMILES string of the molecule is CCCCCCCCC1(CCCCCCCC)c2cc(N(c3ccc4c(c3)C(C)(C)c3cc(-c5ccc6c(c5)C(C)(C)c5cc(-c7ccc8c(c7)C(CCCCCCC)(CCCCCCC)c7ccccc7-8)ccc5-6)c5oc6ccccc6c5c3-4)c3c(C)cc(C)cc3C)ccc2-c2cc3c(cc21)-c1c(ccc2oc4ccccc4c12)C3(CCCCCCCC)CCCCCCCC. The predicted octanol–water partition coefficient (Wildman–Crippen LogP) is 40.3. The number of unbranched alkanes of at least 4 members (excludes halogenated alkanes) is 28. The molecule has 0 aliphatic heterocycles. The molecule has 0 unspecified atom stereocenters. The Kier molecular flexibility index (Phi) is 27.3. The van der Waals surface area contributed by atoms with Crippen molar-refractivity contribution in [1.29, 1.82) is 0 Å². The fraction of sp³-hybridized carbons (Fsp3) is 0.446. The van der Waals surface area contributed by atoms with Crippen LogP contribution >= 0.6 is 0 Å². The van der Waals surface area contributed by atoms with E-state index in [1.807, 2.05) is 0 Å². The van der Waals surface area contributed by atoms with E-state index in [-0.39, 0.29) is 21.7 Å². The number of anilines is 3. The number of hydrogen-bond acceptors (Lipinski definition) is 3. The number of benzene rings is 12. The Morgan fingerprint density at radius 2 is 0.594 bits per heavy atom. The van der Waals surface area contributed by atoms with Crippen molar-refractivity contribution in [3.63, 3.8) is 0 Å². The van der Waals surface area contributed by atoms with E-state index in [2.05, 4.69) is 301 Å². The van der Waals surface area contributed by atoms with Gasteiger partial charge in [0.1, 0.15) is 22.3 Å². The second-order valence-electron chi connectivity index (χ2n) is 43.3. The molecule has 12 aromatic carbocycles. The Bertz CT molecular complexity index is 6500. The van der Waals surface area contributed by atoms with Crippen LogP contribution in [0.5, 0.6) is 0 Å². The van der Waals surface area contributed by atoms with Crippen LogP contribution in [0, 0.1) is 20.8 Å². The van der Waals surface area contributed by atoms with Gasteiger partial charge >= 0.3 is 0 Å². The molecule has 0 fully saturated rings. The topological polar surface area (TPSA) is 29.5 Å². The van der Waals surface area contributed by atoms with Gasteiger partial charge in [0.05, 0.1) is 5.69 Å². The van der Waals surface area contributed by atoms with E-state index in [0.29, 0.717) is 0 Å². The first-order valence-electron chi connectivity index (χ1n) is 53.8. The van der Waals surface area contributed by atoms with Gasteiger partial charge in [0.25, 0.3) is 0 Å². The maximum Gasteiger partial charge on any atom is 0.143 e. The van der Waals surface area contributed by atoms with Crippen molar-refractivity contribution in [3.8, 4) is 77.9 Å². The van der Waals surface area contributed by atoms with Crippen LogP contribution < -0.4 is 4.90 Å². The number of rotatable bonds is 45. The maximum atomic E-state index is 7.39. The molecular formula is C130H153NO2. The highest BCUT2D eigenvalue weighted by Crippen LogP contribution is 2.66. The van der Waals surface area contributed by atoms with E-state index in [1.165, 1.54) is 394 Å². The number of hydrogen-bond donors (Lipinski definition) is 0. The number of furan rings is 2. The summed E-state index contributed by atoms with van der Waals surface area (Å²) in [7, 11) is 0. The Balaban J connectivity index is 0.727. The second-order valence-corrected chi connectivity index (χ2v) is 43.3. The van der Waals surface area contributed by atoms with Gasteiger partial charge in [-0.25, -0.2) is 0 Å². The lowest BCUT2D eigenvalue weighted by Crippen LogP contribution is -2.27. The highest BCUT2D eigenvalue weighted by Gasteiger charge is 2.51. The summed E-state index contributed by atoms with van der Waals surface area (Å²) in [6.07, 6.45) is 50.9. The molecule has 5 aliphatic rings. The van der Waals surface area contributed by atoms with Crippen molar-refractivity contribution in [2.45, 2.75) is 374 Å². The summed E-state index contributed by atoms with van der Waals surface area (Å²) in [5, 5.41) is 4.98. The number of fused-ring (bicyclic) bond motifs is 23. The van der Waals surface area contributed by atoms with Crippen molar-refractivity contribution in [1.82, 2.24) is 0 Å². The van der Waals surface area contributed by atoms with E-state index < -0.39 is 5.41 Å². The van der Waals surface area contributed by atoms with E-state index in [9.17, 15) is 0 Å². The van der Waals surface area contributed by atoms with Gasteiger partial charge in [-0.15, -0.1) is 0 Å². The van der Waals surface area contributed by atoms with Gasteiger partial charge in [-0.1, -0.05) is 421 Å². The fourth-order valence-corrected chi connectivity index (χ4v) is 26.9. The van der Waals surface area contributed by atoms with Crippen LogP contribution in [-0.2, 0) is 27.1 Å². The van der Waals surface area contributed by atoms with Gasteiger partial charge in [0.2, 0.25) is 0 Å². The van der Waals surface area contributed by atoms with Gasteiger partial charge in [0.15, 0.2) is 0 Å². The molecule has 133 heavy (non-hydrogen) atoms. The molecule has 2 aromatic heterocycles. The Labute approximate surface area is 799 Å². The van der Waals surface area contributed by atoms with Crippen molar-refractivity contribution >= 4 is 60.9 Å². The van der Waals surface area contributed by atoms with Crippen LogP contribution in [0.15, 0.2) is 215 Å². The second kappa shape index (κ2) is 39.4. The largest absolute Gasteiger partial charge is 0.456 e. The standard InChI is InChI=1S/C130H153NO2/c1-14-20-26-32-38-50-74-129(75-51-39-33-27-21-15-2)108-70-71-119-122(102-55-43-46-58-117(102)132-119)121(108)106-87-114-105(86-115(106)129)100-68-63-95(84-113(100)130(114,76-52-40-34-28-22-16-3)77-53-41-35-29-23-17-4)131(124-89(8)78-88(7)79-90(124)9)94-64-69-101-111(83-94)127(12,13)116-85-104(125-123(120(101)116)103-56-44-47-59-118(103)133-125)93-62-67-98-97-65-60-91(80-109(97)126(10,11)110(98)82-93)92-61-66-99-96-54-42-45-57-107(96)128(112(99)81-92,72-48-36-30-24-18-5)73-49-37-31-25-19-6/h42-47,54-71,78-87H,14-41,48-53,72-77H2,1-13H3. The summed E-state index contributed by atoms with van der Waals surface area (Å²) >= 11 is 0. The number of para-hydroxylation sites is 2. The van der Waals surface area contributed by atoms with Crippen molar-refractivity contribution < 1.29 is 8.83 Å². The maximum absolute atomic E-state index is 7.39. The zero-order valence-electron chi connectivity index (χ0n) is 83.7. The molecule has 0 saturated carbocycles. The van der Waals surface area contributed by atoms with Gasteiger partial charge in [-0.3, -0.25) is 0 Å². The normalized spacial score (nSPS) is 15.0. The Hall–Kier alpha value is -9.96. The lowest BCUT2D eigenvalue weighted by molar-refractivity contribution is 0.394. The average molecular weight is 1760 g/mol. The van der Waals surface area contributed by atoms with Gasteiger partial charge in [-0.2, -0.15) is 0 Å². The minimum absolute atomic E-state index is 0.0265.